The first-order chi connectivity index (χ1) is 14.7. The second kappa shape index (κ2) is 9.47. The fourth-order valence-corrected chi connectivity index (χ4v) is 5.13. The molecule has 0 N–H and O–H groups in total. The van der Waals surface area contributed by atoms with Crippen LogP contribution in [0.5, 0.6) is 11.5 Å². The zero-order valence-electron chi connectivity index (χ0n) is 17.6. The molecule has 1 aromatic heterocycles. The third-order valence-corrected chi connectivity index (χ3v) is 6.86. The number of hydrogen-bond donors (Lipinski definition) is 0. The summed E-state index contributed by atoms with van der Waals surface area (Å²) in [5.41, 5.74) is 2.18. The predicted octanol–water partition coefficient (Wildman–Crippen LogP) is 5.04. The number of amides is 1. The van der Waals surface area contributed by atoms with Gasteiger partial charge in [0, 0.05) is 25.4 Å². The van der Waals surface area contributed by atoms with Gasteiger partial charge in [0.25, 0.3) is 0 Å². The molecule has 0 saturated carbocycles. The number of thiazole rings is 1. The molecule has 158 valence electrons. The Morgan fingerprint density at radius 3 is 2.70 bits per heavy atom. The molecule has 30 heavy (non-hydrogen) atoms. The SMILES string of the molecule is CCOc1ccc(CCC(=O)N2CCC(c3nc4ccccc4s3)CC2)cc1OC. The van der Waals surface area contributed by atoms with Crippen molar-refractivity contribution >= 4 is 27.5 Å². The number of para-hydroxylation sites is 1. The highest BCUT2D eigenvalue weighted by Gasteiger charge is 2.25. The van der Waals surface area contributed by atoms with Crippen molar-refractivity contribution in [2.75, 3.05) is 26.8 Å². The number of fused-ring (bicyclic) bond motifs is 1. The number of aryl methyl sites for hydroxylation is 1. The highest BCUT2D eigenvalue weighted by atomic mass is 32.1. The van der Waals surface area contributed by atoms with Crippen LogP contribution < -0.4 is 9.47 Å². The fraction of sp³-hybridized carbons (Fsp3) is 0.417. The Balaban J connectivity index is 1.30. The molecule has 4 rings (SSSR count). The maximum Gasteiger partial charge on any atom is 0.222 e. The summed E-state index contributed by atoms with van der Waals surface area (Å²) in [6.07, 6.45) is 3.20. The van der Waals surface area contributed by atoms with Gasteiger partial charge in [0.15, 0.2) is 11.5 Å². The molecular formula is C24H28N2O3S. The fourth-order valence-electron chi connectivity index (χ4n) is 3.99. The molecule has 2 heterocycles. The van der Waals surface area contributed by atoms with E-state index in [0.717, 1.165) is 48.5 Å². The molecule has 0 radical (unpaired) electrons. The monoisotopic (exact) mass is 424 g/mol. The van der Waals surface area contributed by atoms with Crippen LogP contribution in [-0.2, 0) is 11.2 Å². The molecule has 1 saturated heterocycles. The first-order valence-corrected chi connectivity index (χ1v) is 11.4. The lowest BCUT2D eigenvalue weighted by Gasteiger charge is -2.31. The van der Waals surface area contributed by atoms with Crippen molar-refractivity contribution in [2.24, 2.45) is 0 Å². The van der Waals surface area contributed by atoms with Gasteiger partial charge < -0.3 is 14.4 Å². The van der Waals surface area contributed by atoms with E-state index in [1.807, 2.05) is 36.1 Å². The maximum atomic E-state index is 12.7. The number of aromatic nitrogens is 1. The van der Waals surface area contributed by atoms with Crippen molar-refractivity contribution in [3.05, 3.63) is 53.0 Å². The molecule has 0 unspecified atom stereocenters. The van der Waals surface area contributed by atoms with E-state index in [4.69, 9.17) is 14.5 Å². The van der Waals surface area contributed by atoms with Crippen LogP contribution in [-0.4, -0.2) is 42.6 Å². The number of benzene rings is 2. The highest BCUT2D eigenvalue weighted by molar-refractivity contribution is 7.18. The van der Waals surface area contributed by atoms with E-state index >= 15 is 0 Å². The Morgan fingerprint density at radius 2 is 1.97 bits per heavy atom. The number of likely N-dealkylation sites (tertiary alicyclic amines) is 1. The predicted molar refractivity (Wildman–Crippen MR) is 121 cm³/mol. The van der Waals surface area contributed by atoms with E-state index < -0.39 is 0 Å². The average Bonchev–Trinajstić information content (AvgIpc) is 3.23. The quantitative estimate of drug-likeness (QED) is 0.533. The summed E-state index contributed by atoms with van der Waals surface area (Å²) in [4.78, 5) is 19.6. The van der Waals surface area contributed by atoms with Gasteiger partial charge in [-0.1, -0.05) is 18.2 Å². The highest BCUT2D eigenvalue weighted by Crippen LogP contribution is 2.34. The van der Waals surface area contributed by atoms with Gasteiger partial charge in [-0.3, -0.25) is 4.79 Å². The van der Waals surface area contributed by atoms with E-state index in [1.54, 1.807) is 18.4 Å². The minimum atomic E-state index is 0.227. The Bertz CT molecular complexity index is 976. The minimum absolute atomic E-state index is 0.227. The Labute approximate surface area is 181 Å². The number of piperidine rings is 1. The summed E-state index contributed by atoms with van der Waals surface area (Å²) in [5.74, 6) is 2.15. The van der Waals surface area contributed by atoms with Crippen LogP contribution in [0.15, 0.2) is 42.5 Å². The number of ether oxygens (including phenoxy) is 2. The van der Waals surface area contributed by atoms with E-state index in [-0.39, 0.29) is 5.91 Å². The summed E-state index contributed by atoms with van der Waals surface area (Å²) in [7, 11) is 1.64. The van der Waals surface area contributed by atoms with Crippen LogP contribution in [0.4, 0.5) is 0 Å². The maximum absolute atomic E-state index is 12.7. The normalized spacial score (nSPS) is 14.8. The van der Waals surface area contributed by atoms with Gasteiger partial charge in [0.2, 0.25) is 5.91 Å². The van der Waals surface area contributed by atoms with Crippen molar-refractivity contribution in [3.8, 4) is 11.5 Å². The topological polar surface area (TPSA) is 51.7 Å². The van der Waals surface area contributed by atoms with Crippen molar-refractivity contribution < 1.29 is 14.3 Å². The largest absolute Gasteiger partial charge is 0.493 e. The average molecular weight is 425 g/mol. The molecule has 1 aliphatic heterocycles. The molecule has 0 atom stereocenters. The van der Waals surface area contributed by atoms with Crippen LogP contribution in [0.1, 0.15) is 42.7 Å². The van der Waals surface area contributed by atoms with Gasteiger partial charge in [-0.05, 0) is 56.0 Å². The van der Waals surface area contributed by atoms with Gasteiger partial charge in [-0.2, -0.15) is 0 Å². The third kappa shape index (κ3) is 4.59. The van der Waals surface area contributed by atoms with Crippen molar-refractivity contribution in [1.82, 2.24) is 9.88 Å². The molecule has 6 heteroatoms. The van der Waals surface area contributed by atoms with Crippen molar-refractivity contribution in [1.29, 1.82) is 0 Å². The number of rotatable bonds is 7. The lowest BCUT2D eigenvalue weighted by Crippen LogP contribution is -2.38. The Kier molecular flexibility index (Phi) is 6.53. The molecule has 0 aliphatic carbocycles. The third-order valence-electron chi connectivity index (χ3n) is 5.66. The number of carbonyl (C=O) groups excluding carboxylic acids is 1. The van der Waals surface area contributed by atoms with E-state index in [1.165, 1.54) is 9.71 Å². The number of carbonyl (C=O) groups is 1. The van der Waals surface area contributed by atoms with Gasteiger partial charge in [-0.25, -0.2) is 4.98 Å². The summed E-state index contributed by atoms with van der Waals surface area (Å²) in [6.45, 7) is 4.17. The summed E-state index contributed by atoms with van der Waals surface area (Å²) in [6, 6.07) is 14.2. The van der Waals surface area contributed by atoms with Gasteiger partial charge in [0.05, 0.1) is 28.9 Å². The van der Waals surface area contributed by atoms with E-state index in [9.17, 15) is 4.79 Å². The van der Waals surface area contributed by atoms with Crippen LogP contribution >= 0.6 is 11.3 Å². The number of hydrogen-bond acceptors (Lipinski definition) is 5. The smallest absolute Gasteiger partial charge is 0.222 e. The molecule has 0 spiro atoms. The van der Waals surface area contributed by atoms with Gasteiger partial charge in [-0.15, -0.1) is 11.3 Å². The van der Waals surface area contributed by atoms with Gasteiger partial charge >= 0.3 is 0 Å². The zero-order valence-corrected chi connectivity index (χ0v) is 18.4. The molecule has 1 amide bonds. The van der Waals surface area contributed by atoms with Crippen molar-refractivity contribution in [2.45, 2.75) is 38.5 Å². The molecule has 2 aromatic carbocycles. The first-order valence-electron chi connectivity index (χ1n) is 10.6. The lowest BCUT2D eigenvalue weighted by molar-refractivity contribution is -0.132. The van der Waals surface area contributed by atoms with Crippen LogP contribution in [0.2, 0.25) is 0 Å². The van der Waals surface area contributed by atoms with Crippen LogP contribution in [0.3, 0.4) is 0 Å². The van der Waals surface area contributed by atoms with Crippen LogP contribution in [0.25, 0.3) is 10.2 Å². The second-order valence-corrected chi connectivity index (χ2v) is 8.66. The summed E-state index contributed by atoms with van der Waals surface area (Å²) < 4.78 is 12.2. The standard InChI is InChI=1S/C24H28N2O3S/c1-3-29-20-10-8-17(16-21(20)28-2)9-11-23(27)26-14-12-18(13-15-26)24-25-19-6-4-5-7-22(19)30-24/h4-8,10,16,18H,3,9,11-15H2,1-2H3. The lowest BCUT2D eigenvalue weighted by atomic mass is 9.97. The summed E-state index contributed by atoms with van der Waals surface area (Å²) in [5, 5.41) is 1.21. The number of nitrogens with zero attached hydrogens (tertiary/aromatic N) is 2. The Morgan fingerprint density at radius 1 is 1.17 bits per heavy atom. The zero-order chi connectivity index (χ0) is 20.9. The second-order valence-electron chi connectivity index (χ2n) is 7.59. The van der Waals surface area contributed by atoms with Crippen LogP contribution in [0, 0.1) is 0 Å². The van der Waals surface area contributed by atoms with Gasteiger partial charge in [0.1, 0.15) is 0 Å². The van der Waals surface area contributed by atoms with E-state index in [0.29, 0.717) is 25.4 Å². The number of methoxy groups -OCH3 is 1. The summed E-state index contributed by atoms with van der Waals surface area (Å²) >= 11 is 1.79. The minimum Gasteiger partial charge on any atom is -0.493 e. The molecule has 5 nitrogen and oxygen atoms in total. The van der Waals surface area contributed by atoms with E-state index in [2.05, 4.69) is 18.2 Å². The molecule has 1 fully saturated rings. The van der Waals surface area contributed by atoms with Crippen molar-refractivity contribution in [3.63, 3.8) is 0 Å². The molecule has 1 aliphatic rings. The first kappa shape index (κ1) is 20.7. The molecule has 3 aromatic rings. The molecule has 0 bridgehead atoms. The molecular weight excluding hydrogens is 396 g/mol. The Hall–Kier alpha value is -2.60.